The second-order valence-corrected chi connectivity index (χ2v) is 7.70. The Kier molecular flexibility index (Phi) is 8.45. The summed E-state index contributed by atoms with van der Waals surface area (Å²) in [6, 6.07) is 14.2. The molecule has 0 saturated carbocycles. The molecule has 0 radical (unpaired) electrons. The maximum absolute atomic E-state index is 13.4. The molecule has 1 atom stereocenters. The van der Waals surface area contributed by atoms with Crippen LogP contribution in [0.5, 0.6) is 5.75 Å². The summed E-state index contributed by atoms with van der Waals surface area (Å²) >= 11 is 0. The van der Waals surface area contributed by atoms with E-state index in [-0.39, 0.29) is 23.7 Å². The summed E-state index contributed by atoms with van der Waals surface area (Å²) < 4.78 is 19.1. The van der Waals surface area contributed by atoms with E-state index in [0.717, 1.165) is 29.8 Å². The fraction of sp³-hybridized carbons (Fsp3) is 0.435. The highest BCUT2D eigenvalue weighted by Gasteiger charge is 2.19. The third kappa shape index (κ3) is 7.31. The molecule has 1 amide bonds. The number of ether oxygens (including phenoxy) is 1. The normalized spacial score (nSPS) is 12.2. The van der Waals surface area contributed by atoms with E-state index in [9.17, 15) is 9.18 Å². The van der Waals surface area contributed by atoms with Gasteiger partial charge in [0, 0.05) is 25.3 Å². The molecule has 2 aromatic rings. The summed E-state index contributed by atoms with van der Waals surface area (Å²) in [4.78, 5) is 13.9. The molecule has 4 nitrogen and oxygen atoms in total. The minimum absolute atomic E-state index is 0.00517. The fourth-order valence-electron chi connectivity index (χ4n) is 3.10. The number of amides is 1. The Morgan fingerprint density at radius 3 is 2.14 bits per heavy atom. The molecule has 0 aliphatic rings. The van der Waals surface area contributed by atoms with Crippen molar-refractivity contribution in [3.05, 3.63) is 65.5 Å². The summed E-state index contributed by atoms with van der Waals surface area (Å²) in [6.07, 6.45) is 1.37. The Labute approximate surface area is 167 Å². The Morgan fingerprint density at radius 2 is 1.61 bits per heavy atom. The van der Waals surface area contributed by atoms with Crippen molar-refractivity contribution in [2.75, 3.05) is 27.2 Å². The van der Waals surface area contributed by atoms with Gasteiger partial charge in [-0.05, 0) is 49.2 Å². The van der Waals surface area contributed by atoms with Crippen LogP contribution >= 0.6 is 0 Å². The van der Waals surface area contributed by atoms with E-state index in [0.29, 0.717) is 13.0 Å². The van der Waals surface area contributed by atoms with Crippen molar-refractivity contribution in [1.82, 2.24) is 5.32 Å². The Balaban J connectivity index is 2.11. The second-order valence-electron chi connectivity index (χ2n) is 7.70. The lowest BCUT2D eigenvalue weighted by molar-refractivity contribution is -0.858. The molecule has 0 unspecified atom stereocenters. The summed E-state index contributed by atoms with van der Waals surface area (Å²) in [5.41, 5.74) is 1.93. The number of rotatable bonds is 10. The first kappa shape index (κ1) is 21.9. The van der Waals surface area contributed by atoms with Gasteiger partial charge in [0.1, 0.15) is 11.6 Å². The van der Waals surface area contributed by atoms with Crippen LogP contribution in [0.4, 0.5) is 4.39 Å². The van der Waals surface area contributed by atoms with Crippen LogP contribution in [0.1, 0.15) is 43.7 Å². The minimum atomic E-state index is -0.279. The van der Waals surface area contributed by atoms with E-state index in [4.69, 9.17) is 4.74 Å². The Bertz CT molecular complexity index is 727. The van der Waals surface area contributed by atoms with Crippen molar-refractivity contribution in [1.29, 1.82) is 0 Å². The van der Waals surface area contributed by atoms with Gasteiger partial charge in [0.25, 0.3) is 0 Å². The van der Waals surface area contributed by atoms with Gasteiger partial charge in [0.15, 0.2) is 0 Å². The van der Waals surface area contributed by atoms with Crippen molar-refractivity contribution >= 4 is 5.91 Å². The molecule has 152 valence electrons. The predicted molar refractivity (Wildman–Crippen MR) is 110 cm³/mol. The fourth-order valence-corrected chi connectivity index (χ4v) is 3.10. The number of benzene rings is 2. The van der Waals surface area contributed by atoms with Gasteiger partial charge < -0.3 is 15.0 Å². The van der Waals surface area contributed by atoms with Crippen LogP contribution in [0.15, 0.2) is 48.5 Å². The van der Waals surface area contributed by atoms with Crippen LogP contribution in [0, 0.1) is 5.82 Å². The quantitative estimate of drug-likeness (QED) is 0.616. The summed E-state index contributed by atoms with van der Waals surface area (Å²) in [7, 11) is 4.19. The SMILES string of the molecule is CC(C)Oc1ccc([C@@H](CC(=O)NCCC[NH+](C)C)c2ccc(F)cc2)cc1. The van der Waals surface area contributed by atoms with E-state index in [1.807, 2.05) is 38.1 Å². The summed E-state index contributed by atoms with van der Waals surface area (Å²) in [5.74, 6) is 0.393. The number of nitrogens with one attached hydrogen (secondary N) is 2. The molecule has 0 aromatic heterocycles. The van der Waals surface area contributed by atoms with Crippen LogP contribution in [-0.4, -0.2) is 39.2 Å². The van der Waals surface area contributed by atoms with E-state index in [1.165, 1.54) is 17.0 Å². The zero-order chi connectivity index (χ0) is 20.5. The molecule has 2 rings (SSSR count). The van der Waals surface area contributed by atoms with E-state index in [2.05, 4.69) is 19.4 Å². The molecular formula is C23H32FN2O2+. The average Bonchev–Trinajstić information content (AvgIpc) is 2.64. The molecule has 5 heteroatoms. The first-order valence-corrected chi connectivity index (χ1v) is 9.93. The highest BCUT2D eigenvalue weighted by molar-refractivity contribution is 5.77. The monoisotopic (exact) mass is 387 g/mol. The smallest absolute Gasteiger partial charge is 0.220 e. The van der Waals surface area contributed by atoms with Crippen molar-refractivity contribution in [2.24, 2.45) is 0 Å². The van der Waals surface area contributed by atoms with Gasteiger partial charge in [0.2, 0.25) is 5.91 Å². The zero-order valence-corrected chi connectivity index (χ0v) is 17.3. The number of quaternary nitrogens is 1. The van der Waals surface area contributed by atoms with Crippen LogP contribution in [0.3, 0.4) is 0 Å². The molecule has 0 saturated heterocycles. The number of hydrogen-bond donors (Lipinski definition) is 2. The van der Waals surface area contributed by atoms with E-state index in [1.54, 1.807) is 12.1 Å². The highest BCUT2D eigenvalue weighted by atomic mass is 19.1. The molecule has 28 heavy (non-hydrogen) atoms. The van der Waals surface area contributed by atoms with Gasteiger partial charge in [0.05, 0.1) is 26.7 Å². The zero-order valence-electron chi connectivity index (χ0n) is 17.3. The predicted octanol–water partition coefficient (Wildman–Crippen LogP) is 2.79. The molecule has 2 aromatic carbocycles. The number of carbonyl (C=O) groups excluding carboxylic acids is 1. The van der Waals surface area contributed by atoms with Crippen LogP contribution in [-0.2, 0) is 4.79 Å². The van der Waals surface area contributed by atoms with Crippen LogP contribution in [0.25, 0.3) is 0 Å². The second kappa shape index (κ2) is 10.8. The van der Waals surface area contributed by atoms with Crippen molar-refractivity contribution in [3.8, 4) is 5.75 Å². The van der Waals surface area contributed by atoms with E-state index < -0.39 is 0 Å². The highest BCUT2D eigenvalue weighted by Crippen LogP contribution is 2.29. The van der Waals surface area contributed by atoms with Gasteiger partial charge >= 0.3 is 0 Å². The molecule has 2 N–H and O–H groups in total. The lowest BCUT2D eigenvalue weighted by Gasteiger charge is -2.19. The van der Waals surface area contributed by atoms with Crippen molar-refractivity contribution in [3.63, 3.8) is 0 Å². The topological polar surface area (TPSA) is 42.8 Å². The van der Waals surface area contributed by atoms with Crippen molar-refractivity contribution < 1.29 is 18.8 Å². The number of halogens is 1. The van der Waals surface area contributed by atoms with Crippen molar-refractivity contribution in [2.45, 2.75) is 38.7 Å². The third-order valence-electron chi connectivity index (χ3n) is 4.49. The molecule has 0 fully saturated rings. The molecule has 0 spiro atoms. The third-order valence-corrected chi connectivity index (χ3v) is 4.49. The van der Waals surface area contributed by atoms with Gasteiger partial charge in [-0.2, -0.15) is 0 Å². The lowest BCUT2D eigenvalue weighted by Crippen LogP contribution is -3.05. The molecule has 0 heterocycles. The van der Waals surface area contributed by atoms with Crippen LogP contribution < -0.4 is 15.0 Å². The first-order valence-electron chi connectivity index (χ1n) is 9.93. The minimum Gasteiger partial charge on any atom is -0.491 e. The Hall–Kier alpha value is -2.40. The largest absolute Gasteiger partial charge is 0.491 e. The van der Waals surface area contributed by atoms with Gasteiger partial charge in [-0.1, -0.05) is 24.3 Å². The van der Waals surface area contributed by atoms with Gasteiger partial charge in [-0.25, -0.2) is 4.39 Å². The lowest BCUT2D eigenvalue weighted by atomic mass is 9.88. The summed E-state index contributed by atoms with van der Waals surface area (Å²) in [6.45, 7) is 5.65. The van der Waals surface area contributed by atoms with Gasteiger partial charge in [-0.3, -0.25) is 4.79 Å². The maximum atomic E-state index is 13.4. The maximum Gasteiger partial charge on any atom is 0.220 e. The molecule has 0 aliphatic carbocycles. The molecular weight excluding hydrogens is 355 g/mol. The molecule has 0 bridgehead atoms. The average molecular weight is 388 g/mol. The first-order chi connectivity index (χ1) is 13.3. The van der Waals surface area contributed by atoms with E-state index >= 15 is 0 Å². The Morgan fingerprint density at radius 1 is 1.04 bits per heavy atom. The number of carbonyl (C=O) groups is 1. The van der Waals surface area contributed by atoms with Gasteiger partial charge in [-0.15, -0.1) is 0 Å². The summed E-state index contributed by atoms with van der Waals surface area (Å²) in [5, 5.41) is 3.01. The van der Waals surface area contributed by atoms with Crippen LogP contribution in [0.2, 0.25) is 0 Å². The standard InChI is InChI=1S/C23H31FN2O2/c1-17(2)28-21-12-8-19(9-13-21)22(18-6-10-20(24)11-7-18)16-23(27)25-14-5-15-26(3)4/h6-13,17,22H,5,14-16H2,1-4H3,(H,25,27)/p+1/t22-/m0/s1. The molecule has 0 aliphatic heterocycles. The number of hydrogen-bond acceptors (Lipinski definition) is 2.